The van der Waals surface area contributed by atoms with Crippen molar-refractivity contribution in [1.29, 1.82) is 0 Å². The zero-order valence-electron chi connectivity index (χ0n) is 14.7. The molecule has 4 heteroatoms. The summed E-state index contributed by atoms with van der Waals surface area (Å²) in [6.07, 6.45) is 13.5. The Hall–Kier alpha value is -2.77. The number of allylic oxidation sites excluding steroid dienone is 9. The molecule has 0 fully saturated rings. The van der Waals surface area contributed by atoms with Crippen LogP contribution in [-0.2, 0) is 0 Å². The maximum atomic E-state index is 10.7. The minimum Gasteiger partial charge on any atom is -0.258 e. The number of nitro benzene ring substituents is 1. The Morgan fingerprint density at radius 2 is 1.81 bits per heavy atom. The SMILES string of the molecule is CC(C)SC1=C2C=CC=C(C#Cc3ccc([N+](=O)[O-])cc3)C(=CC=C1)C2. The van der Waals surface area contributed by atoms with Gasteiger partial charge in [-0.2, -0.15) is 0 Å². The van der Waals surface area contributed by atoms with Crippen LogP contribution in [0.5, 0.6) is 0 Å². The molecule has 26 heavy (non-hydrogen) atoms. The third-order valence-electron chi connectivity index (χ3n) is 3.93. The number of nitrogens with zero attached hydrogens (tertiary/aromatic N) is 1. The van der Waals surface area contributed by atoms with Gasteiger partial charge in [0.2, 0.25) is 0 Å². The molecule has 2 aliphatic carbocycles. The van der Waals surface area contributed by atoms with Crippen LogP contribution in [0.1, 0.15) is 25.8 Å². The average Bonchev–Trinajstić information content (AvgIpc) is 2.93. The molecule has 2 aliphatic rings. The Bertz CT molecular complexity index is 933. The van der Waals surface area contributed by atoms with Gasteiger partial charge in [-0.05, 0) is 41.9 Å². The molecule has 1 aromatic carbocycles. The molecule has 0 heterocycles. The maximum Gasteiger partial charge on any atom is 0.269 e. The molecule has 0 N–H and O–H groups in total. The lowest BCUT2D eigenvalue weighted by Crippen LogP contribution is -1.92. The summed E-state index contributed by atoms with van der Waals surface area (Å²) in [6, 6.07) is 6.33. The standard InChI is InChI=1S/C22H19NO2S/c1-16(2)26-22-8-4-6-19-15-20(22)7-3-5-18(19)12-9-17-10-13-21(14-11-17)23(24)25/h3-8,10-11,13-14,16H,15H2,1-2H3. The number of hydrogen-bond acceptors (Lipinski definition) is 3. The minimum absolute atomic E-state index is 0.0775. The van der Waals surface area contributed by atoms with Crippen molar-refractivity contribution in [3.8, 4) is 11.8 Å². The van der Waals surface area contributed by atoms with Crippen molar-refractivity contribution in [2.24, 2.45) is 0 Å². The maximum absolute atomic E-state index is 10.7. The highest BCUT2D eigenvalue weighted by atomic mass is 32.2. The second kappa shape index (κ2) is 8.07. The highest BCUT2D eigenvalue weighted by Gasteiger charge is 2.14. The summed E-state index contributed by atoms with van der Waals surface area (Å²) in [6.45, 7) is 4.40. The van der Waals surface area contributed by atoms with E-state index in [4.69, 9.17) is 0 Å². The van der Waals surface area contributed by atoms with Crippen molar-refractivity contribution < 1.29 is 4.92 Å². The largest absolute Gasteiger partial charge is 0.269 e. The van der Waals surface area contributed by atoms with E-state index in [1.54, 1.807) is 12.1 Å². The molecular weight excluding hydrogens is 342 g/mol. The fraction of sp³-hybridized carbons (Fsp3) is 0.182. The van der Waals surface area contributed by atoms with E-state index in [1.807, 2.05) is 17.8 Å². The van der Waals surface area contributed by atoms with Crippen LogP contribution in [0.4, 0.5) is 5.69 Å². The predicted molar refractivity (Wildman–Crippen MR) is 109 cm³/mol. The average molecular weight is 361 g/mol. The summed E-state index contributed by atoms with van der Waals surface area (Å²) < 4.78 is 0. The summed E-state index contributed by atoms with van der Waals surface area (Å²) in [5.41, 5.74) is 4.33. The van der Waals surface area contributed by atoms with E-state index in [0.29, 0.717) is 5.25 Å². The number of benzene rings is 1. The normalized spacial score (nSPS) is 15.7. The number of non-ortho nitro benzene ring substituents is 1. The van der Waals surface area contributed by atoms with Crippen molar-refractivity contribution in [3.05, 3.63) is 98.0 Å². The van der Waals surface area contributed by atoms with Crippen LogP contribution in [0.25, 0.3) is 0 Å². The summed E-state index contributed by atoms with van der Waals surface area (Å²) in [5.74, 6) is 6.34. The lowest BCUT2D eigenvalue weighted by Gasteiger charge is -2.10. The highest BCUT2D eigenvalue weighted by Crippen LogP contribution is 2.34. The topological polar surface area (TPSA) is 43.1 Å². The van der Waals surface area contributed by atoms with Gasteiger partial charge in [-0.3, -0.25) is 10.1 Å². The minimum atomic E-state index is -0.404. The van der Waals surface area contributed by atoms with Gasteiger partial charge in [0, 0.05) is 33.4 Å². The number of rotatable bonds is 3. The quantitative estimate of drug-likeness (QED) is 0.392. The first-order valence-electron chi connectivity index (χ1n) is 8.45. The van der Waals surface area contributed by atoms with Gasteiger partial charge >= 0.3 is 0 Å². The zero-order chi connectivity index (χ0) is 18.5. The Balaban J connectivity index is 1.84. The van der Waals surface area contributed by atoms with Crippen LogP contribution in [0.15, 0.2) is 82.3 Å². The number of thioether (sulfide) groups is 1. The van der Waals surface area contributed by atoms with Crippen molar-refractivity contribution in [1.82, 2.24) is 0 Å². The molecule has 0 saturated heterocycles. The Kier molecular flexibility index (Phi) is 5.60. The number of fused-ring (bicyclic) bond motifs is 2. The summed E-state index contributed by atoms with van der Waals surface area (Å²) >= 11 is 1.88. The van der Waals surface area contributed by atoms with Gasteiger partial charge in [-0.15, -0.1) is 11.8 Å². The molecule has 1 aromatic rings. The monoisotopic (exact) mass is 361 g/mol. The Morgan fingerprint density at radius 1 is 1.08 bits per heavy atom. The molecule has 2 bridgehead atoms. The summed E-state index contributed by atoms with van der Waals surface area (Å²) in [7, 11) is 0. The van der Waals surface area contributed by atoms with Crippen LogP contribution in [-0.4, -0.2) is 10.2 Å². The van der Waals surface area contributed by atoms with Gasteiger partial charge in [0.05, 0.1) is 4.92 Å². The zero-order valence-corrected chi connectivity index (χ0v) is 15.5. The Labute approximate surface area is 158 Å². The van der Waals surface area contributed by atoms with E-state index in [2.05, 4.69) is 56.1 Å². The van der Waals surface area contributed by atoms with Gasteiger partial charge in [0.25, 0.3) is 5.69 Å². The van der Waals surface area contributed by atoms with E-state index in [0.717, 1.165) is 17.6 Å². The molecule has 0 radical (unpaired) electrons. The van der Waals surface area contributed by atoms with Gasteiger partial charge in [0.1, 0.15) is 0 Å². The molecule has 0 atom stereocenters. The van der Waals surface area contributed by atoms with E-state index >= 15 is 0 Å². The van der Waals surface area contributed by atoms with E-state index in [-0.39, 0.29) is 5.69 Å². The molecule has 0 amide bonds. The predicted octanol–water partition coefficient (Wildman–Crippen LogP) is 5.72. The second-order valence-electron chi connectivity index (χ2n) is 6.28. The molecule has 0 aromatic heterocycles. The highest BCUT2D eigenvalue weighted by molar-refractivity contribution is 8.03. The van der Waals surface area contributed by atoms with Crippen molar-refractivity contribution >= 4 is 17.4 Å². The van der Waals surface area contributed by atoms with E-state index in [1.165, 1.54) is 28.2 Å². The smallest absolute Gasteiger partial charge is 0.258 e. The molecule has 130 valence electrons. The molecule has 3 nitrogen and oxygen atoms in total. The van der Waals surface area contributed by atoms with Gasteiger partial charge in [-0.25, -0.2) is 0 Å². The molecule has 3 rings (SSSR count). The fourth-order valence-corrected chi connectivity index (χ4v) is 3.66. The molecule has 0 saturated carbocycles. The molecule has 0 unspecified atom stereocenters. The Morgan fingerprint density at radius 3 is 2.50 bits per heavy atom. The first kappa shape index (κ1) is 18.0. The summed E-state index contributed by atoms with van der Waals surface area (Å²) in [5, 5.41) is 11.3. The van der Waals surface area contributed by atoms with Crippen LogP contribution in [0.2, 0.25) is 0 Å². The second-order valence-corrected chi connectivity index (χ2v) is 7.90. The lowest BCUT2D eigenvalue weighted by molar-refractivity contribution is -0.384. The third kappa shape index (κ3) is 4.44. The lowest BCUT2D eigenvalue weighted by atomic mass is 10.0. The third-order valence-corrected chi connectivity index (χ3v) is 5.05. The van der Waals surface area contributed by atoms with Crippen molar-refractivity contribution in [3.63, 3.8) is 0 Å². The van der Waals surface area contributed by atoms with Crippen LogP contribution >= 0.6 is 11.8 Å². The van der Waals surface area contributed by atoms with E-state index < -0.39 is 4.92 Å². The molecule has 0 spiro atoms. The van der Waals surface area contributed by atoms with Gasteiger partial charge in [0.15, 0.2) is 0 Å². The van der Waals surface area contributed by atoms with Gasteiger partial charge in [-0.1, -0.05) is 50.0 Å². The first-order chi connectivity index (χ1) is 12.5. The summed E-state index contributed by atoms with van der Waals surface area (Å²) in [4.78, 5) is 11.6. The molecule has 0 aliphatic heterocycles. The van der Waals surface area contributed by atoms with Crippen molar-refractivity contribution in [2.45, 2.75) is 25.5 Å². The van der Waals surface area contributed by atoms with Gasteiger partial charge < -0.3 is 0 Å². The molecular formula is C22H19NO2S. The van der Waals surface area contributed by atoms with Crippen LogP contribution in [0, 0.1) is 22.0 Å². The van der Waals surface area contributed by atoms with Crippen LogP contribution in [0.3, 0.4) is 0 Å². The van der Waals surface area contributed by atoms with Crippen LogP contribution < -0.4 is 0 Å². The number of nitro groups is 1. The van der Waals surface area contributed by atoms with Crippen molar-refractivity contribution in [2.75, 3.05) is 0 Å². The number of hydrogen-bond donors (Lipinski definition) is 0. The first-order valence-corrected chi connectivity index (χ1v) is 9.33. The fourth-order valence-electron chi connectivity index (χ4n) is 2.70. The van der Waals surface area contributed by atoms with E-state index in [9.17, 15) is 10.1 Å².